The van der Waals surface area contributed by atoms with Crippen molar-refractivity contribution in [1.29, 1.82) is 0 Å². The number of hydrogen-bond donors (Lipinski definition) is 3. The zero-order valence-corrected chi connectivity index (χ0v) is 11.3. The molecule has 2 aromatic rings. The highest BCUT2D eigenvalue weighted by Crippen LogP contribution is 2.27. The van der Waals surface area contributed by atoms with Gasteiger partial charge in [0.1, 0.15) is 11.8 Å². The molecule has 0 spiro atoms. The Labute approximate surface area is 121 Å². The van der Waals surface area contributed by atoms with Crippen LogP contribution in [-0.2, 0) is 11.3 Å². The van der Waals surface area contributed by atoms with Gasteiger partial charge in [0.05, 0.1) is 0 Å². The van der Waals surface area contributed by atoms with Gasteiger partial charge in [0.25, 0.3) is 0 Å². The maximum Gasteiger partial charge on any atom is 0.325 e. The van der Waals surface area contributed by atoms with Crippen LogP contribution in [0.25, 0.3) is 0 Å². The molecule has 0 radical (unpaired) electrons. The van der Waals surface area contributed by atoms with E-state index in [-0.39, 0.29) is 11.3 Å². The number of carbonyl (C=O) groups is 1. The lowest BCUT2D eigenvalue weighted by Gasteiger charge is -2.16. The van der Waals surface area contributed by atoms with Crippen molar-refractivity contribution in [3.8, 4) is 5.75 Å². The molecule has 2 aromatic carbocycles. The number of rotatable bonds is 5. The fraction of sp³-hybridized carbons (Fsp3) is 0.133. The van der Waals surface area contributed by atoms with Gasteiger partial charge in [-0.05, 0) is 17.7 Å². The normalized spacial score (nSPS) is 12.1. The molecule has 0 bridgehead atoms. The van der Waals surface area contributed by atoms with Gasteiger partial charge in [0, 0.05) is 17.1 Å². The fourth-order valence-corrected chi connectivity index (χ4v) is 2.07. The smallest absolute Gasteiger partial charge is 0.325 e. The van der Waals surface area contributed by atoms with Gasteiger partial charge in [0.2, 0.25) is 0 Å². The molecule has 1 unspecified atom stereocenters. The van der Waals surface area contributed by atoms with Crippen LogP contribution in [0.2, 0.25) is 5.02 Å². The molecule has 0 fully saturated rings. The van der Waals surface area contributed by atoms with Gasteiger partial charge in [-0.15, -0.1) is 0 Å². The van der Waals surface area contributed by atoms with Crippen molar-refractivity contribution < 1.29 is 15.0 Å². The Balaban J connectivity index is 2.17. The molecule has 20 heavy (non-hydrogen) atoms. The second-order valence-corrected chi connectivity index (χ2v) is 4.78. The molecule has 0 saturated carbocycles. The number of phenols is 1. The van der Waals surface area contributed by atoms with Crippen LogP contribution in [0.15, 0.2) is 48.5 Å². The van der Waals surface area contributed by atoms with E-state index in [0.29, 0.717) is 11.6 Å². The minimum Gasteiger partial charge on any atom is -0.508 e. The second kappa shape index (κ2) is 6.41. The molecule has 0 aliphatic heterocycles. The van der Waals surface area contributed by atoms with Crippen LogP contribution in [0.1, 0.15) is 17.2 Å². The summed E-state index contributed by atoms with van der Waals surface area (Å²) < 4.78 is 0. The van der Waals surface area contributed by atoms with E-state index in [1.807, 2.05) is 30.3 Å². The molecule has 104 valence electrons. The largest absolute Gasteiger partial charge is 0.508 e. The summed E-state index contributed by atoms with van der Waals surface area (Å²) in [5.74, 6) is -1.19. The molecule has 0 heterocycles. The molecule has 0 aliphatic carbocycles. The third kappa shape index (κ3) is 3.50. The standard InChI is InChI=1S/C15H14ClNO3/c16-11-6-7-12(13(18)8-11)14(15(19)20)17-9-10-4-2-1-3-5-10/h1-8,14,17-18H,9H2,(H,19,20). The van der Waals surface area contributed by atoms with E-state index in [2.05, 4.69) is 5.32 Å². The van der Waals surface area contributed by atoms with Crippen LogP contribution in [-0.4, -0.2) is 16.2 Å². The minimum absolute atomic E-state index is 0.134. The number of halogens is 1. The monoisotopic (exact) mass is 291 g/mol. The van der Waals surface area contributed by atoms with E-state index in [1.165, 1.54) is 12.1 Å². The highest BCUT2D eigenvalue weighted by molar-refractivity contribution is 6.30. The predicted octanol–water partition coefficient (Wildman–Crippen LogP) is 2.96. The molecule has 0 saturated heterocycles. The van der Waals surface area contributed by atoms with Gasteiger partial charge in [0.15, 0.2) is 0 Å². The van der Waals surface area contributed by atoms with E-state index < -0.39 is 12.0 Å². The Kier molecular flexibility index (Phi) is 4.61. The third-order valence-electron chi connectivity index (χ3n) is 2.90. The molecule has 2 rings (SSSR count). The summed E-state index contributed by atoms with van der Waals surface area (Å²) in [5.41, 5.74) is 1.25. The van der Waals surface area contributed by atoms with Crippen LogP contribution in [0, 0.1) is 0 Å². The maximum absolute atomic E-state index is 11.4. The molecule has 1 atom stereocenters. The number of carboxylic acids is 1. The van der Waals surface area contributed by atoms with Crippen molar-refractivity contribution in [2.45, 2.75) is 12.6 Å². The summed E-state index contributed by atoms with van der Waals surface area (Å²) in [5, 5.41) is 22.4. The lowest BCUT2D eigenvalue weighted by molar-refractivity contribution is -0.139. The van der Waals surface area contributed by atoms with Crippen LogP contribution in [0.3, 0.4) is 0 Å². The first-order valence-corrected chi connectivity index (χ1v) is 6.44. The summed E-state index contributed by atoms with van der Waals surface area (Å²) in [6.07, 6.45) is 0. The summed E-state index contributed by atoms with van der Waals surface area (Å²) in [6.45, 7) is 0.389. The first kappa shape index (κ1) is 14.4. The zero-order chi connectivity index (χ0) is 14.5. The van der Waals surface area contributed by atoms with Gasteiger partial charge in [-0.25, -0.2) is 0 Å². The van der Waals surface area contributed by atoms with Crippen LogP contribution in [0.5, 0.6) is 5.75 Å². The van der Waals surface area contributed by atoms with E-state index in [4.69, 9.17) is 11.6 Å². The molecule has 0 aliphatic rings. The Bertz CT molecular complexity index is 601. The van der Waals surface area contributed by atoms with Crippen LogP contribution in [0.4, 0.5) is 0 Å². The van der Waals surface area contributed by atoms with E-state index >= 15 is 0 Å². The molecular formula is C15H14ClNO3. The Hall–Kier alpha value is -2.04. The highest BCUT2D eigenvalue weighted by atomic mass is 35.5. The predicted molar refractivity (Wildman–Crippen MR) is 76.8 cm³/mol. The van der Waals surface area contributed by atoms with Gasteiger partial charge >= 0.3 is 5.97 Å². The number of carboxylic acid groups (broad SMARTS) is 1. The van der Waals surface area contributed by atoms with E-state index in [9.17, 15) is 15.0 Å². The van der Waals surface area contributed by atoms with E-state index in [0.717, 1.165) is 5.56 Å². The second-order valence-electron chi connectivity index (χ2n) is 4.34. The summed E-state index contributed by atoms with van der Waals surface area (Å²) >= 11 is 5.75. The van der Waals surface area contributed by atoms with Crippen molar-refractivity contribution in [3.63, 3.8) is 0 Å². The lowest BCUT2D eigenvalue weighted by atomic mass is 10.1. The van der Waals surface area contributed by atoms with Gasteiger partial charge in [-0.2, -0.15) is 0 Å². The minimum atomic E-state index is -1.06. The highest BCUT2D eigenvalue weighted by Gasteiger charge is 2.22. The van der Waals surface area contributed by atoms with Crippen molar-refractivity contribution in [2.75, 3.05) is 0 Å². The number of aliphatic carboxylic acids is 1. The van der Waals surface area contributed by atoms with Crippen LogP contribution < -0.4 is 5.32 Å². The first-order valence-electron chi connectivity index (χ1n) is 6.06. The molecule has 0 aromatic heterocycles. The average Bonchev–Trinajstić information content (AvgIpc) is 2.42. The van der Waals surface area contributed by atoms with Gasteiger partial charge in [-0.3, -0.25) is 10.1 Å². The lowest BCUT2D eigenvalue weighted by Crippen LogP contribution is -2.28. The number of aromatic hydroxyl groups is 1. The van der Waals surface area contributed by atoms with Gasteiger partial charge in [-0.1, -0.05) is 48.0 Å². The number of phenolic OH excluding ortho intramolecular Hbond substituents is 1. The van der Waals surface area contributed by atoms with Crippen molar-refractivity contribution in [3.05, 3.63) is 64.7 Å². The number of nitrogens with one attached hydrogen (secondary N) is 1. The Morgan fingerprint density at radius 2 is 1.90 bits per heavy atom. The summed E-state index contributed by atoms with van der Waals surface area (Å²) in [7, 11) is 0. The molecule has 4 nitrogen and oxygen atoms in total. The van der Waals surface area contributed by atoms with Crippen molar-refractivity contribution in [1.82, 2.24) is 5.32 Å². The first-order chi connectivity index (χ1) is 9.58. The summed E-state index contributed by atoms with van der Waals surface area (Å²) in [4.78, 5) is 11.4. The molecule has 3 N–H and O–H groups in total. The molecule has 0 amide bonds. The molecular weight excluding hydrogens is 278 g/mol. The van der Waals surface area contributed by atoms with E-state index in [1.54, 1.807) is 6.07 Å². The topological polar surface area (TPSA) is 69.6 Å². The Morgan fingerprint density at radius 3 is 2.50 bits per heavy atom. The maximum atomic E-state index is 11.4. The van der Waals surface area contributed by atoms with Crippen molar-refractivity contribution >= 4 is 17.6 Å². The number of benzene rings is 2. The van der Waals surface area contributed by atoms with Gasteiger partial charge < -0.3 is 10.2 Å². The third-order valence-corrected chi connectivity index (χ3v) is 3.14. The Morgan fingerprint density at radius 1 is 1.20 bits per heavy atom. The van der Waals surface area contributed by atoms with Crippen molar-refractivity contribution in [2.24, 2.45) is 0 Å². The molecule has 5 heteroatoms. The summed E-state index contributed by atoms with van der Waals surface area (Å²) in [6, 6.07) is 12.8. The SMILES string of the molecule is O=C(O)C(NCc1ccccc1)c1ccc(Cl)cc1O. The zero-order valence-electron chi connectivity index (χ0n) is 10.6. The fourth-order valence-electron chi connectivity index (χ4n) is 1.91. The average molecular weight is 292 g/mol. The van der Waals surface area contributed by atoms with Crippen LogP contribution >= 0.6 is 11.6 Å². The number of hydrogen-bond acceptors (Lipinski definition) is 3. The quantitative estimate of drug-likeness (QED) is 0.792.